The lowest BCUT2D eigenvalue weighted by atomic mass is 10.1. The summed E-state index contributed by atoms with van der Waals surface area (Å²) in [5.74, 6) is 0.333. The van der Waals surface area contributed by atoms with Crippen LogP contribution in [0.1, 0.15) is 39.7 Å². The van der Waals surface area contributed by atoms with Crippen molar-refractivity contribution in [2.75, 3.05) is 5.32 Å². The van der Waals surface area contributed by atoms with E-state index >= 15 is 0 Å². The summed E-state index contributed by atoms with van der Waals surface area (Å²) < 4.78 is 0. The van der Waals surface area contributed by atoms with E-state index in [0.717, 1.165) is 52.5 Å². The summed E-state index contributed by atoms with van der Waals surface area (Å²) in [7, 11) is 0. The normalized spacial score (nSPS) is 10.2. The summed E-state index contributed by atoms with van der Waals surface area (Å²) in [6.45, 7) is 2.24. The van der Waals surface area contributed by atoms with Crippen molar-refractivity contribution in [1.82, 2.24) is 25.4 Å². The molecule has 0 bridgehead atoms. The lowest BCUT2D eigenvalue weighted by Crippen LogP contribution is -2.16. The van der Waals surface area contributed by atoms with Crippen molar-refractivity contribution >= 4 is 23.1 Å². The molecule has 0 atom stereocenters. The zero-order chi connectivity index (χ0) is 24.7. The van der Waals surface area contributed by atoms with Crippen molar-refractivity contribution in [3.8, 4) is 0 Å². The van der Waals surface area contributed by atoms with Gasteiger partial charge in [0.05, 0.1) is 12.1 Å². The molecule has 9 nitrogen and oxygen atoms in total. The predicted octanol–water partition coefficient (Wildman–Crippen LogP) is 4.73. The zero-order valence-corrected chi connectivity index (χ0v) is 20.3. The van der Waals surface area contributed by atoms with Crippen LogP contribution < -0.4 is 5.32 Å². The number of carbonyl (C=O) groups excluding carboxylic acids is 1. The van der Waals surface area contributed by atoms with Gasteiger partial charge in [-0.1, -0.05) is 41.6 Å². The Balaban J connectivity index is 0.000000320. The van der Waals surface area contributed by atoms with Gasteiger partial charge in [-0.25, -0.2) is 0 Å². The van der Waals surface area contributed by atoms with E-state index in [2.05, 4.69) is 35.9 Å². The molecule has 0 aliphatic rings. The van der Waals surface area contributed by atoms with Crippen LogP contribution in [0.3, 0.4) is 0 Å². The van der Waals surface area contributed by atoms with Gasteiger partial charge in [0.1, 0.15) is 16.6 Å². The summed E-state index contributed by atoms with van der Waals surface area (Å²) in [4.78, 5) is 25.7. The highest BCUT2D eigenvalue weighted by atomic mass is 32.1. The molecule has 3 heterocycles. The minimum atomic E-state index is -0.132. The number of carbonyl (C=O) groups is 1. The van der Waals surface area contributed by atoms with Crippen LogP contribution in [0.2, 0.25) is 0 Å². The molecular weight excluding hydrogens is 462 g/mol. The molecular formula is C25H27N7O2S. The van der Waals surface area contributed by atoms with E-state index in [1.165, 1.54) is 0 Å². The Morgan fingerprint density at radius 1 is 0.914 bits per heavy atom. The van der Waals surface area contributed by atoms with E-state index < -0.39 is 0 Å². The first kappa shape index (κ1) is 25.7. The number of hydrogen-bond donors (Lipinski definition) is 1. The first-order valence-corrected chi connectivity index (χ1v) is 12.1. The zero-order valence-electron chi connectivity index (χ0n) is 19.5. The van der Waals surface area contributed by atoms with E-state index in [4.69, 9.17) is 0 Å². The Hall–Kier alpha value is -3.92. The summed E-state index contributed by atoms with van der Waals surface area (Å²) in [5.41, 5.74) is 2.75. The number of benzene rings is 1. The minimum absolute atomic E-state index is 0.132. The summed E-state index contributed by atoms with van der Waals surface area (Å²) in [5, 5.41) is 24.0. The lowest BCUT2D eigenvalue weighted by Gasteiger charge is -2.05. The molecule has 35 heavy (non-hydrogen) atoms. The molecule has 0 fully saturated rings. The monoisotopic (exact) mass is 489 g/mol. The van der Waals surface area contributed by atoms with Crippen molar-refractivity contribution in [1.29, 1.82) is 0 Å². The van der Waals surface area contributed by atoms with Crippen LogP contribution in [0.5, 0.6) is 0 Å². The third-order valence-corrected chi connectivity index (χ3v) is 5.70. The maximum absolute atomic E-state index is 12.0. The number of aromatic nitrogens is 5. The van der Waals surface area contributed by atoms with Gasteiger partial charge in [-0.2, -0.15) is 10.0 Å². The molecule has 1 N–H and O–H groups in total. The van der Waals surface area contributed by atoms with Crippen LogP contribution in [-0.2, 0) is 30.6 Å². The maximum atomic E-state index is 12.0. The standard InChI is InChI=1S/C18H20N6OS.C7H7NO/c1-13-21-24-18(26-13)7-3-2-6-15-8-9-16(23-22-15)20-17(25)11-14-5-4-10-19-12-14;9-8-6-7-4-2-1-3-5-7/h4-5,8-10,12H,2-3,6-7,11H2,1H3,(H,20,23,25);1-5H,6H2. The highest BCUT2D eigenvalue weighted by molar-refractivity contribution is 7.11. The fourth-order valence-corrected chi connectivity index (χ4v) is 3.86. The molecule has 3 aromatic heterocycles. The van der Waals surface area contributed by atoms with Crippen molar-refractivity contribution in [2.45, 2.75) is 45.6 Å². The van der Waals surface area contributed by atoms with Crippen LogP contribution in [0, 0.1) is 11.8 Å². The molecule has 0 saturated carbocycles. The Bertz CT molecular complexity index is 1170. The number of unbranched alkanes of at least 4 members (excludes halogenated alkanes) is 1. The van der Waals surface area contributed by atoms with E-state index in [1.807, 2.05) is 55.5 Å². The lowest BCUT2D eigenvalue weighted by molar-refractivity contribution is -0.115. The van der Waals surface area contributed by atoms with Gasteiger partial charge >= 0.3 is 0 Å². The molecule has 0 radical (unpaired) electrons. The quantitative estimate of drug-likeness (QED) is 0.252. The molecule has 10 heteroatoms. The summed E-state index contributed by atoms with van der Waals surface area (Å²) in [6.07, 6.45) is 7.48. The van der Waals surface area contributed by atoms with Gasteiger partial charge in [-0.3, -0.25) is 9.78 Å². The van der Waals surface area contributed by atoms with Crippen LogP contribution >= 0.6 is 11.3 Å². The molecule has 180 valence electrons. The number of nitrogens with zero attached hydrogens (tertiary/aromatic N) is 6. The van der Waals surface area contributed by atoms with Crippen LogP contribution in [0.4, 0.5) is 5.82 Å². The topological polar surface area (TPSA) is 123 Å². The van der Waals surface area contributed by atoms with Gasteiger partial charge < -0.3 is 5.32 Å². The molecule has 0 aliphatic carbocycles. The first-order valence-electron chi connectivity index (χ1n) is 11.3. The number of anilines is 1. The number of amides is 1. The Morgan fingerprint density at radius 2 is 1.71 bits per heavy atom. The highest BCUT2D eigenvalue weighted by Crippen LogP contribution is 2.13. The second-order valence-corrected chi connectivity index (χ2v) is 8.96. The Morgan fingerprint density at radius 3 is 2.37 bits per heavy atom. The molecule has 0 spiro atoms. The molecule has 4 aromatic rings. The second-order valence-electron chi connectivity index (χ2n) is 7.69. The van der Waals surface area contributed by atoms with Gasteiger partial charge in [-0.15, -0.1) is 26.6 Å². The smallest absolute Gasteiger partial charge is 0.230 e. The summed E-state index contributed by atoms with van der Waals surface area (Å²) in [6, 6.07) is 16.8. The van der Waals surface area contributed by atoms with Gasteiger partial charge in [0, 0.05) is 18.8 Å². The van der Waals surface area contributed by atoms with Crippen molar-refractivity contribution < 1.29 is 4.79 Å². The third kappa shape index (κ3) is 9.85. The highest BCUT2D eigenvalue weighted by Gasteiger charge is 2.06. The molecule has 1 aromatic carbocycles. The number of nitrogens with one attached hydrogen (secondary N) is 1. The number of aryl methyl sites for hydroxylation is 3. The number of hydrogen-bond acceptors (Lipinski definition) is 9. The minimum Gasteiger partial charge on any atom is -0.309 e. The van der Waals surface area contributed by atoms with E-state index in [9.17, 15) is 9.70 Å². The molecule has 0 aliphatic heterocycles. The van der Waals surface area contributed by atoms with Crippen molar-refractivity contribution in [3.63, 3.8) is 0 Å². The Labute approximate surface area is 208 Å². The predicted molar refractivity (Wildman–Crippen MR) is 136 cm³/mol. The molecule has 4 rings (SSSR count). The van der Waals surface area contributed by atoms with Crippen molar-refractivity contribution in [2.24, 2.45) is 5.18 Å². The molecule has 0 unspecified atom stereocenters. The van der Waals surface area contributed by atoms with E-state index in [-0.39, 0.29) is 18.9 Å². The van der Waals surface area contributed by atoms with Crippen LogP contribution in [0.15, 0.2) is 72.2 Å². The van der Waals surface area contributed by atoms with Gasteiger partial charge in [0.15, 0.2) is 5.82 Å². The van der Waals surface area contributed by atoms with Gasteiger partial charge in [0.25, 0.3) is 0 Å². The number of pyridine rings is 1. The van der Waals surface area contributed by atoms with E-state index in [0.29, 0.717) is 5.82 Å². The van der Waals surface area contributed by atoms with Gasteiger partial charge in [0.2, 0.25) is 5.91 Å². The van der Waals surface area contributed by atoms with Gasteiger partial charge in [-0.05, 0) is 55.5 Å². The summed E-state index contributed by atoms with van der Waals surface area (Å²) >= 11 is 1.65. The Kier molecular flexibility index (Phi) is 10.5. The third-order valence-electron chi connectivity index (χ3n) is 4.81. The fourth-order valence-electron chi connectivity index (χ4n) is 3.11. The largest absolute Gasteiger partial charge is 0.309 e. The van der Waals surface area contributed by atoms with Crippen molar-refractivity contribution in [3.05, 3.63) is 98.7 Å². The number of rotatable bonds is 10. The first-order chi connectivity index (χ1) is 17.1. The SMILES string of the molecule is Cc1nnc(CCCCc2ccc(NC(=O)Cc3cccnc3)nn2)s1.O=NCc1ccccc1. The van der Waals surface area contributed by atoms with Crippen LogP contribution in [-0.4, -0.2) is 31.3 Å². The second kappa shape index (κ2) is 14.4. The molecule has 1 amide bonds. The number of nitroso groups, excluding NO2 is 1. The van der Waals surface area contributed by atoms with Crippen LogP contribution in [0.25, 0.3) is 0 Å². The van der Waals surface area contributed by atoms with E-state index in [1.54, 1.807) is 29.8 Å². The maximum Gasteiger partial charge on any atom is 0.230 e. The average molecular weight is 490 g/mol. The fraction of sp³-hybridized carbons (Fsp3) is 0.280. The average Bonchev–Trinajstić information content (AvgIpc) is 3.29. The molecule has 0 saturated heterocycles.